The smallest absolute Gasteiger partial charge is 0.184 e. The van der Waals surface area contributed by atoms with Crippen molar-refractivity contribution in [3.63, 3.8) is 0 Å². The molecule has 0 aliphatic heterocycles. The Bertz CT molecular complexity index is 207. The van der Waals surface area contributed by atoms with Gasteiger partial charge in [0, 0.05) is 0 Å². The van der Waals surface area contributed by atoms with Crippen LogP contribution in [-0.2, 0) is 6.54 Å². The second-order valence-corrected chi connectivity index (χ2v) is 1.68. The normalized spacial score (nSPS) is 8.40. The fraction of sp³-hybridized carbons (Fsp3) is 0.200. The molecule has 0 amide bonds. The highest BCUT2D eigenvalue weighted by atomic mass is 79.9. The predicted molar refractivity (Wildman–Crippen MR) is 32.8 cm³/mol. The molecule has 1 aromatic heterocycles. The largest absolute Gasteiger partial charge is 1.00 e. The van der Waals surface area contributed by atoms with Gasteiger partial charge in [0.1, 0.15) is 11.8 Å². The van der Waals surface area contributed by atoms with Gasteiger partial charge in [0.25, 0.3) is 0 Å². The molecule has 0 spiro atoms. The molecule has 0 aliphatic carbocycles. The quantitative estimate of drug-likeness (QED) is 0.304. The third-order valence-corrected chi connectivity index (χ3v) is 0.926. The number of hydrogen-bond acceptors (Lipinski definition) is 2. The summed E-state index contributed by atoms with van der Waals surface area (Å²) in [7, 11) is 0. The van der Waals surface area contributed by atoms with Crippen molar-refractivity contribution in [2.24, 2.45) is 0 Å². The van der Waals surface area contributed by atoms with Crippen molar-refractivity contribution < 1.29 is 21.7 Å². The second-order valence-electron chi connectivity index (χ2n) is 1.68. The first-order valence-electron chi connectivity index (χ1n) is 2.64. The van der Waals surface area contributed by atoms with E-state index in [0.29, 0.717) is 6.54 Å². The van der Waals surface area contributed by atoms with Crippen molar-refractivity contribution in [3.8, 4) is 0 Å². The molecule has 2 N–H and O–H groups in total. The number of halogens is 1. The Morgan fingerprint density at radius 3 is 2.90 bits per heavy atom. The Hall–Kier alpha value is -0.840. The average molecular weight is 205 g/mol. The molecule has 1 rings (SSSR count). The summed E-state index contributed by atoms with van der Waals surface area (Å²) in [5.74, 6) is 5.26. The number of rotatable bonds is 2. The molecular formula is C5H9BrN4. The van der Waals surface area contributed by atoms with E-state index in [1.807, 2.05) is 0 Å². The van der Waals surface area contributed by atoms with E-state index in [-0.39, 0.29) is 17.0 Å². The number of nitrogens with zero attached hydrogens (tertiary/aromatic N) is 3. The van der Waals surface area contributed by atoms with E-state index in [1.165, 1.54) is 4.79 Å². The number of hydrogen-bond donors (Lipinski definition) is 1. The van der Waals surface area contributed by atoms with Gasteiger partial charge in [-0.15, -0.1) is 4.68 Å². The zero-order valence-corrected chi connectivity index (χ0v) is 7.03. The maximum atomic E-state index is 5.26. The summed E-state index contributed by atoms with van der Waals surface area (Å²) in [6, 6.07) is 0. The molecule has 0 aromatic carbocycles. The number of nitrogen functional groups attached to an aromatic ring is 1. The Balaban J connectivity index is 0.000000810. The van der Waals surface area contributed by atoms with Crippen LogP contribution in [0.4, 0.5) is 0 Å². The average Bonchev–Trinajstić information content (AvgIpc) is 2.17. The van der Waals surface area contributed by atoms with Gasteiger partial charge in [-0.2, -0.15) is 0 Å². The molecule has 0 bridgehead atoms. The van der Waals surface area contributed by atoms with Crippen LogP contribution in [0.25, 0.3) is 0 Å². The molecule has 0 aliphatic rings. The van der Waals surface area contributed by atoms with Gasteiger partial charge in [0.2, 0.25) is 0 Å². The second kappa shape index (κ2) is 4.05. The number of aromatic nitrogens is 3. The van der Waals surface area contributed by atoms with E-state index < -0.39 is 0 Å². The van der Waals surface area contributed by atoms with E-state index in [4.69, 9.17) is 5.84 Å². The molecule has 0 fully saturated rings. The van der Waals surface area contributed by atoms with Gasteiger partial charge in [-0.3, -0.25) is 0 Å². The van der Waals surface area contributed by atoms with Crippen LogP contribution >= 0.6 is 0 Å². The maximum absolute atomic E-state index is 5.26. The highest BCUT2D eigenvalue weighted by molar-refractivity contribution is 4.60. The first-order chi connectivity index (χ1) is 4.33. The molecule has 5 heteroatoms. The van der Waals surface area contributed by atoms with Crippen molar-refractivity contribution >= 4 is 0 Å². The number of nitrogens with two attached hydrogens (primary N) is 1. The van der Waals surface area contributed by atoms with Crippen LogP contribution in [-0.4, -0.2) is 10.0 Å². The van der Waals surface area contributed by atoms with Crippen LogP contribution in [0, 0.1) is 0 Å². The summed E-state index contributed by atoms with van der Waals surface area (Å²) >= 11 is 0. The lowest BCUT2D eigenvalue weighted by Crippen LogP contribution is -3.00. The maximum Gasteiger partial charge on any atom is 0.184 e. The van der Waals surface area contributed by atoms with E-state index >= 15 is 0 Å². The number of allylic oxidation sites excluding steroid dienone is 1. The zero-order chi connectivity index (χ0) is 6.69. The first kappa shape index (κ1) is 9.16. The van der Waals surface area contributed by atoms with Gasteiger partial charge in [0.05, 0.1) is 0 Å². The summed E-state index contributed by atoms with van der Waals surface area (Å²) in [6.07, 6.45) is 5.21. The molecule has 1 heterocycles. The monoisotopic (exact) mass is 204 g/mol. The lowest BCUT2D eigenvalue weighted by molar-refractivity contribution is -0.746. The van der Waals surface area contributed by atoms with E-state index in [9.17, 15) is 0 Å². The van der Waals surface area contributed by atoms with E-state index in [0.717, 1.165) is 0 Å². The lowest BCUT2D eigenvalue weighted by atomic mass is 10.6. The SMILES string of the molecule is C=CC[n+]1ccn(N)n1.[Br-]. The van der Waals surface area contributed by atoms with Crippen LogP contribution in [0.1, 0.15) is 0 Å². The highest BCUT2D eigenvalue weighted by Gasteiger charge is 1.96. The summed E-state index contributed by atoms with van der Waals surface area (Å²) < 4.78 is 1.69. The molecule has 0 saturated carbocycles. The molecular weight excluding hydrogens is 196 g/mol. The summed E-state index contributed by atoms with van der Waals surface area (Å²) in [5.41, 5.74) is 0. The minimum Gasteiger partial charge on any atom is -1.00 e. The lowest BCUT2D eigenvalue weighted by Gasteiger charge is -1.79. The molecule has 4 nitrogen and oxygen atoms in total. The Kier molecular flexibility index (Phi) is 3.71. The van der Waals surface area contributed by atoms with Gasteiger partial charge in [-0.25, -0.2) is 5.84 Å². The third kappa shape index (κ3) is 2.18. The molecule has 0 unspecified atom stereocenters. The molecule has 0 radical (unpaired) electrons. The Labute approximate surface area is 69.7 Å². The van der Waals surface area contributed by atoms with E-state index in [2.05, 4.69) is 11.8 Å². The van der Waals surface area contributed by atoms with Crippen LogP contribution in [0.5, 0.6) is 0 Å². The standard InChI is InChI=1S/C5H9N4.BrH/c1-2-3-8-4-5-9(6)7-8;/h2,4-5H,1,3H2,(H2,6,7);1H/q+1;/p-1. The molecule has 56 valence electrons. The van der Waals surface area contributed by atoms with Crippen molar-refractivity contribution in [2.75, 3.05) is 5.84 Å². The van der Waals surface area contributed by atoms with Gasteiger partial charge in [-0.1, -0.05) is 6.58 Å². The van der Waals surface area contributed by atoms with Gasteiger partial charge in [0.15, 0.2) is 12.4 Å². The summed E-state index contributed by atoms with van der Waals surface area (Å²) in [6.45, 7) is 4.25. The topological polar surface area (TPSA) is 47.7 Å². The van der Waals surface area contributed by atoms with Gasteiger partial charge in [-0.05, 0) is 10.9 Å². The van der Waals surface area contributed by atoms with Crippen LogP contribution < -0.4 is 27.5 Å². The summed E-state index contributed by atoms with van der Waals surface area (Å²) in [5, 5.41) is 3.84. The van der Waals surface area contributed by atoms with Crippen molar-refractivity contribution in [3.05, 3.63) is 25.0 Å². The third-order valence-electron chi connectivity index (χ3n) is 0.926. The van der Waals surface area contributed by atoms with Crippen molar-refractivity contribution in [1.82, 2.24) is 10.0 Å². The first-order valence-corrected chi connectivity index (χ1v) is 2.64. The van der Waals surface area contributed by atoms with Crippen LogP contribution in [0.2, 0.25) is 0 Å². The van der Waals surface area contributed by atoms with E-state index in [1.54, 1.807) is 23.2 Å². The Morgan fingerprint density at radius 2 is 2.50 bits per heavy atom. The fourth-order valence-corrected chi connectivity index (χ4v) is 0.567. The molecule has 1 aromatic rings. The summed E-state index contributed by atoms with van der Waals surface area (Å²) in [4.78, 5) is 1.25. The molecule has 0 saturated heterocycles. The van der Waals surface area contributed by atoms with Crippen molar-refractivity contribution in [1.29, 1.82) is 0 Å². The van der Waals surface area contributed by atoms with Crippen LogP contribution in [0.15, 0.2) is 25.0 Å². The highest BCUT2D eigenvalue weighted by Crippen LogP contribution is 1.67. The minimum absolute atomic E-state index is 0. The van der Waals surface area contributed by atoms with Gasteiger partial charge >= 0.3 is 0 Å². The predicted octanol–water partition coefficient (Wildman–Crippen LogP) is -3.93. The fourth-order valence-electron chi connectivity index (χ4n) is 0.567. The molecule has 10 heavy (non-hydrogen) atoms. The molecule has 0 atom stereocenters. The minimum atomic E-state index is 0. The van der Waals surface area contributed by atoms with Crippen LogP contribution in [0.3, 0.4) is 0 Å². The van der Waals surface area contributed by atoms with Crippen molar-refractivity contribution in [2.45, 2.75) is 6.54 Å². The van der Waals surface area contributed by atoms with Gasteiger partial charge < -0.3 is 17.0 Å². The zero-order valence-electron chi connectivity index (χ0n) is 5.44. The Morgan fingerprint density at radius 1 is 1.80 bits per heavy atom.